The summed E-state index contributed by atoms with van der Waals surface area (Å²) in [6, 6.07) is 8.46. The van der Waals surface area contributed by atoms with E-state index in [0.717, 1.165) is 28.2 Å². The van der Waals surface area contributed by atoms with Gasteiger partial charge in [0.25, 0.3) is 0 Å². The Bertz CT molecular complexity index is 931. The molecule has 1 fully saturated rings. The maximum absolute atomic E-state index is 5.32. The molecule has 7 nitrogen and oxygen atoms in total. The molecule has 1 aromatic carbocycles. The van der Waals surface area contributed by atoms with Crippen LogP contribution in [0.5, 0.6) is 5.75 Å². The van der Waals surface area contributed by atoms with E-state index < -0.39 is 0 Å². The van der Waals surface area contributed by atoms with Gasteiger partial charge >= 0.3 is 0 Å². The van der Waals surface area contributed by atoms with Gasteiger partial charge in [-0.2, -0.15) is 5.10 Å². The van der Waals surface area contributed by atoms with Crippen molar-refractivity contribution >= 4 is 17.4 Å². The van der Waals surface area contributed by atoms with Crippen molar-refractivity contribution < 1.29 is 4.74 Å². The SMILES string of the molecule is COc1cccc(NCc2nnc(SCc3cnn(C)c3)n2C2CCCCC2)c1. The Hall–Kier alpha value is -2.48. The predicted octanol–water partition coefficient (Wildman–Crippen LogP) is 4.43. The highest BCUT2D eigenvalue weighted by Crippen LogP contribution is 2.33. The van der Waals surface area contributed by atoms with E-state index in [0.29, 0.717) is 12.6 Å². The molecule has 0 amide bonds. The van der Waals surface area contributed by atoms with Gasteiger partial charge in [-0.3, -0.25) is 4.68 Å². The van der Waals surface area contributed by atoms with Crippen molar-refractivity contribution in [2.45, 2.75) is 55.6 Å². The fourth-order valence-electron chi connectivity index (χ4n) is 3.84. The van der Waals surface area contributed by atoms with E-state index in [9.17, 15) is 0 Å². The number of rotatable bonds is 8. The first kappa shape index (κ1) is 19.8. The molecule has 0 spiro atoms. The number of anilines is 1. The molecular weight excluding hydrogens is 384 g/mol. The quantitative estimate of drug-likeness (QED) is 0.552. The van der Waals surface area contributed by atoms with Gasteiger partial charge in [0, 0.05) is 42.4 Å². The number of hydrogen-bond acceptors (Lipinski definition) is 6. The van der Waals surface area contributed by atoms with Crippen LogP contribution in [-0.4, -0.2) is 31.7 Å². The van der Waals surface area contributed by atoms with Crippen molar-refractivity contribution in [3.05, 3.63) is 48.0 Å². The molecule has 154 valence electrons. The van der Waals surface area contributed by atoms with Crippen LogP contribution in [0.1, 0.15) is 49.5 Å². The third-order valence-electron chi connectivity index (χ3n) is 5.32. The monoisotopic (exact) mass is 412 g/mol. The Morgan fingerprint density at radius 2 is 2.07 bits per heavy atom. The van der Waals surface area contributed by atoms with E-state index >= 15 is 0 Å². The van der Waals surface area contributed by atoms with Crippen LogP contribution >= 0.6 is 11.8 Å². The molecule has 2 heterocycles. The van der Waals surface area contributed by atoms with Crippen molar-refractivity contribution in [1.82, 2.24) is 24.5 Å². The van der Waals surface area contributed by atoms with Crippen LogP contribution in [0.4, 0.5) is 5.69 Å². The van der Waals surface area contributed by atoms with Crippen molar-refractivity contribution in [1.29, 1.82) is 0 Å². The summed E-state index contributed by atoms with van der Waals surface area (Å²) < 4.78 is 9.53. The molecule has 0 atom stereocenters. The highest BCUT2D eigenvalue weighted by Gasteiger charge is 2.23. The average molecular weight is 413 g/mol. The first-order valence-electron chi connectivity index (χ1n) is 10.1. The first-order valence-corrected chi connectivity index (χ1v) is 11.1. The van der Waals surface area contributed by atoms with Gasteiger partial charge in [0.05, 0.1) is 19.9 Å². The molecule has 8 heteroatoms. The number of aromatic nitrogens is 5. The predicted molar refractivity (Wildman–Crippen MR) is 115 cm³/mol. The lowest BCUT2D eigenvalue weighted by Gasteiger charge is -2.25. The van der Waals surface area contributed by atoms with E-state index in [1.807, 2.05) is 42.2 Å². The Balaban J connectivity index is 1.51. The van der Waals surface area contributed by atoms with E-state index in [4.69, 9.17) is 4.74 Å². The zero-order valence-corrected chi connectivity index (χ0v) is 17.9. The standard InChI is InChI=1S/C21H28N6OS/c1-26-14-16(12-23-26)15-29-21-25-24-20(27(21)18-8-4-3-5-9-18)13-22-17-7-6-10-19(11-17)28-2/h6-7,10-12,14,18,22H,3-5,8-9,13,15H2,1-2H3. The van der Waals surface area contributed by atoms with Crippen molar-refractivity contribution in [3.8, 4) is 5.75 Å². The average Bonchev–Trinajstić information content (AvgIpc) is 3.37. The normalized spacial score (nSPS) is 14.8. The Kier molecular flexibility index (Phi) is 6.39. The van der Waals surface area contributed by atoms with Crippen LogP contribution < -0.4 is 10.1 Å². The van der Waals surface area contributed by atoms with Gasteiger partial charge in [0.1, 0.15) is 5.75 Å². The summed E-state index contributed by atoms with van der Waals surface area (Å²) in [7, 11) is 3.63. The van der Waals surface area contributed by atoms with Crippen LogP contribution in [0, 0.1) is 0 Å². The zero-order valence-electron chi connectivity index (χ0n) is 17.0. The molecule has 3 aromatic rings. The van der Waals surface area contributed by atoms with Gasteiger partial charge in [0.2, 0.25) is 0 Å². The third-order valence-corrected chi connectivity index (χ3v) is 6.34. The summed E-state index contributed by atoms with van der Waals surface area (Å²) in [4.78, 5) is 0. The fraction of sp³-hybridized carbons (Fsp3) is 0.476. The molecule has 1 N–H and O–H groups in total. The molecule has 0 bridgehead atoms. The van der Waals surface area contributed by atoms with Gasteiger partial charge in [0.15, 0.2) is 11.0 Å². The Labute approximate surface area is 175 Å². The molecule has 29 heavy (non-hydrogen) atoms. The lowest BCUT2D eigenvalue weighted by molar-refractivity contribution is 0.330. The van der Waals surface area contributed by atoms with Crippen LogP contribution in [0.3, 0.4) is 0 Å². The van der Waals surface area contributed by atoms with E-state index in [2.05, 4.69) is 31.4 Å². The topological polar surface area (TPSA) is 69.8 Å². The minimum absolute atomic E-state index is 0.484. The maximum Gasteiger partial charge on any atom is 0.191 e. The van der Waals surface area contributed by atoms with E-state index in [1.54, 1.807) is 18.9 Å². The number of methoxy groups -OCH3 is 1. The number of hydrogen-bond donors (Lipinski definition) is 1. The Morgan fingerprint density at radius 3 is 2.83 bits per heavy atom. The number of benzene rings is 1. The summed E-state index contributed by atoms with van der Waals surface area (Å²) in [5.41, 5.74) is 2.22. The molecular formula is C21H28N6OS. The van der Waals surface area contributed by atoms with E-state index in [-0.39, 0.29) is 0 Å². The minimum Gasteiger partial charge on any atom is -0.497 e. The van der Waals surface area contributed by atoms with Crippen LogP contribution in [-0.2, 0) is 19.3 Å². The molecule has 1 aliphatic rings. The van der Waals surface area contributed by atoms with E-state index in [1.165, 1.54) is 37.7 Å². The van der Waals surface area contributed by atoms with Crippen molar-refractivity contribution in [2.24, 2.45) is 7.05 Å². The van der Waals surface area contributed by atoms with Crippen molar-refractivity contribution in [2.75, 3.05) is 12.4 Å². The van der Waals surface area contributed by atoms with Gasteiger partial charge < -0.3 is 14.6 Å². The molecule has 0 unspecified atom stereocenters. The molecule has 2 aromatic heterocycles. The highest BCUT2D eigenvalue weighted by atomic mass is 32.2. The second-order valence-corrected chi connectivity index (χ2v) is 8.40. The van der Waals surface area contributed by atoms with Crippen LogP contribution in [0.15, 0.2) is 41.8 Å². The first-order chi connectivity index (χ1) is 14.2. The van der Waals surface area contributed by atoms with Crippen LogP contribution in [0.2, 0.25) is 0 Å². The zero-order chi connectivity index (χ0) is 20.1. The molecule has 0 saturated heterocycles. The highest BCUT2D eigenvalue weighted by molar-refractivity contribution is 7.98. The summed E-state index contributed by atoms with van der Waals surface area (Å²) in [5.74, 6) is 2.69. The van der Waals surface area contributed by atoms with Gasteiger partial charge in [-0.05, 0) is 25.0 Å². The summed E-state index contributed by atoms with van der Waals surface area (Å²) >= 11 is 1.74. The molecule has 0 radical (unpaired) electrons. The summed E-state index contributed by atoms with van der Waals surface area (Å²) in [5, 5.41) is 17.8. The summed E-state index contributed by atoms with van der Waals surface area (Å²) in [6.07, 6.45) is 10.2. The maximum atomic E-state index is 5.32. The molecule has 1 aliphatic carbocycles. The lowest BCUT2D eigenvalue weighted by atomic mass is 9.95. The fourth-order valence-corrected chi connectivity index (χ4v) is 4.78. The number of nitrogens with one attached hydrogen (secondary N) is 1. The molecule has 4 rings (SSSR count). The lowest BCUT2D eigenvalue weighted by Crippen LogP contribution is -2.18. The van der Waals surface area contributed by atoms with Crippen molar-refractivity contribution in [3.63, 3.8) is 0 Å². The second kappa shape index (κ2) is 9.35. The third kappa shape index (κ3) is 4.93. The van der Waals surface area contributed by atoms with Crippen LogP contribution in [0.25, 0.3) is 0 Å². The Morgan fingerprint density at radius 1 is 1.21 bits per heavy atom. The van der Waals surface area contributed by atoms with Gasteiger partial charge in [-0.1, -0.05) is 37.1 Å². The molecule has 0 aliphatic heterocycles. The van der Waals surface area contributed by atoms with Gasteiger partial charge in [-0.15, -0.1) is 10.2 Å². The molecule has 1 saturated carbocycles. The largest absolute Gasteiger partial charge is 0.497 e. The smallest absolute Gasteiger partial charge is 0.191 e. The number of aryl methyl sites for hydroxylation is 1. The summed E-state index contributed by atoms with van der Waals surface area (Å²) in [6.45, 7) is 0.643. The van der Waals surface area contributed by atoms with Gasteiger partial charge in [-0.25, -0.2) is 0 Å². The minimum atomic E-state index is 0.484. The number of thioether (sulfide) groups is 1. The second-order valence-electron chi connectivity index (χ2n) is 7.46. The number of ether oxygens (including phenoxy) is 1. The number of nitrogens with zero attached hydrogens (tertiary/aromatic N) is 5.